The smallest absolute Gasteiger partial charge is 0.251 e. The van der Waals surface area contributed by atoms with Gasteiger partial charge in [-0.25, -0.2) is 0 Å². The number of nitrogens with zero attached hydrogens (tertiary/aromatic N) is 2. The van der Waals surface area contributed by atoms with Gasteiger partial charge in [-0.15, -0.1) is 0 Å². The Kier molecular flexibility index (Phi) is 5.16. The first-order valence-corrected chi connectivity index (χ1v) is 8.72. The molecule has 5 heteroatoms. The highest BCUT2D eigenvalue weighted by Crippen LogP contribution is 2.24. The van der Waals surface area contributed by atoms with Crippen LogP contribution in [0.2, 0.25) is 0 Å². The van der Waals surface area contributed by atoms with Crippen LogP contribution in [-0.4, -0.2) is 16.0 Å². The molecular weight excluding hydrogens is 326 g/mol. The van der Waals surface area contributed by atoms with Crippen molar-refractivity contribution in [3.05, 3.63) is 71.1 Å². The molecule has 1 N–H and O–H groups in total. The largest absolute Gasteiger partial charge is 0.340 e. The number of amides is 1. The zero-order chi connectivity index (χ0) is 18.7. The maximum absolute atomic E-state index is 12.6. The molecule has 0 saturated carbocycles. The lowest BCUT2D eigenvalue weighted by atomic mass is 10.0. The number of nitrogens with one attached hydrogen (secondary N) is 1. The van der Waals surface area contributed by atoms with Crippen molar-refractivity contribution in [1.29, 1.82) is 0 Å². The summed E-state index contributed by atoms with van der Waals surface area (Å²) in [6, 6.07) is 15.0. The van der Waals surface area contributed by atoms with Crippen LogP contribution in [0.3, 0.4) is 0 Å². The molecule has 1 unspecified atom stereocenters. The molecule has 5 nitrogen and oxygen atoms in total. The van der Waals surface area contributed by atoms with Crippen molar-refractivity contribution in [2.75, 3.05) is 0 Å². The van der Waals surface area contributed by atoms with Crippen molar-refractivity contribution in [2.24, 2.45) is 5.92 Å². The van der Waals surface area contributed by atoms with Crippen molar-refractivity contribution in [1.82, 2.24) is 15.5 Å². The fraction of sp³-hybridized carbons (Fsp3) is 0.286. The minimum atomic E-state index is -0.351. The van der Waals surface area contributed by atoms with E-state index >= 15 is 0 Å². The van der Waals surface area contributed by atoms with Crippen LogP contribution in [0.5, 0.6) is 0 Å². The topological polar surface area (TPSA) is 68.0 Å². The first-order valence-electron chi connectivity index (χ1n) is 8.72. The lowest BCUT2D eigenvalue weighted by Gasteiger charge is -2.18. The Morgan fingerprint density at radius 1 is 0.962 bits per heavy atom. The fourth-order valence-electron chi connectivity index (χ4n) is 2.62. The van der Waals surface area contributed by atoms with E-state index in [1.165, 1.54) is 5.56 Å². The minimum Gasteiger partial charge on any atom is -0.340 e. The normalized spacial score (nSPS) is 12.2. The van der Waals surface area contributed by atoms with E-state index in [0.29, 0.717) is 17.3 Å². The second-order valence-electron chi connectivity index (χ2n) is 6.88. The van der Waals surface area contributed by atoms with E-state index in [-0.39, 0.29) is 17.9 Å². The van der Waals surface area contributed by atoms with Gasteiger partial charge in [-0.3, -0.25) is 4.79 Å². The summed E-state index contributed by atoms with van der Waals surface area (Å²) in [4.78, 5) is 17.1. The maximum Gasteiger partial charge on any atom is 0.251 e. The summed E-state index contributed by atoms with van der Waals surface area (Å²) < 4.78 is 5.45. The zero-order valence-electron chi connectivity index (χ0n) is 15.5. The van der Waals surface area contributed by atoms with Gasteiger partial charge < -0.3 is 9.84 Å². The molecule has 3 rings (SSSR count). The summed E-state index contributed by atoms with van der Waals surface area (Å²) in [5.41, 5.74) is 3.78. The molecule has 0 aliphatic carbocycles. The van der Waals surface area contributed by atoms with Crippen LogP contribution in [0, 0.1) is 19.8 Å². The van der Waals surface area contributed by atoms with E-state index in [9.17, 15) is 4.79 Å². The van der Waals surface area contributed by atoms with Crippen LogP contribution in [0.15, 0.2) is 53.1 Å². The van der Waals surface area contributed by atoms with Crippen molar-refractivity contribution in [3.8, 4) is 11.4 Å². The zero-order valence-corrected chi connectivity index (χ0v) is 15.5. The fourth-order valence-corrected chi connectivity index (χ4v) is 2.62. The van der Waals surface area contributed by atoms with Gasteiger partial charge in [0, 0.05) is 11.1 Å². The van der Waals surface area contributed by atoms with Crippen molar-refractivity contribution in [3.63, 3.8) is 0 Å². The van der Waals surface area contributed by atoms with Gasteiger partial charge in [-0.1, -0.05) is 66.5 Å². The molecule has 0 aliphatic rings. The first-order chi connectivity index (χ1) is 12.4. The van der Waals surface area contributed by atoms with Gasteiger partial charge in [0.1, 0.15) is 6.04 Å². The molecule has 1 aromatic heterocycles. The van der Waals surface area contributed by atoms with Crippen LogP contribution in [0.25, 0.3) is 11.4 Å². The second kappa shape index (κ2) is 7.52. The molecule has 1 amide bonds. The Balaban J connectivity index is 1.81. The number of rotatable bonds is 5. The molecule has 0 bridgehead atoms. The first kappa shape index (κ1) is 17.9. The predicted octanol–water partition coefficient (Wildman–Crippen LogP) is 4.48. The molecule has 0 saturated heterocycles. The van der Waals surface area contributed by atoms with E-state index < -0.39 is 0 Å². The average Bonchev–Trinajstić information content (AvgIpc) is 3.10. The van der Waals surface area contributed by atoms with Gasteiger partial charge >= 0.3 is 0 Å². The Morgan fingerprint density at radius 2 is 1.54 bits per heavy atom. The molecule has 1 heterocycles. The Bertz CT molecular complexity index is 880. The summed E-state index contributed by atoms with van der Waals surface area (Å²) in [6.45, 7) is 8.04. The number of carbonyl (C=O) groups excluding carboxylic acids is 1. The third-order valence-electron chi connectivity index (χ3n) is 4.28. The molecule has 0 radical (unpaired) electrons. The lowest BCUT2D eigenvalue weighted by molar-refractivity contribution is 0.0914. The second-order valence-corrected chi connectivity index (χ2v) is 6.88. The molecule has 1 atom stereocenters. The Hall–Kier alpha value is -2.95. The standard InChI is InChI=1S/C21H23N3O2/c1-13(2)18(22-20(25)17-11-7-15(4)8-12-17)21-23-19(24-26-21)16-9-5-14(3)6-10-16/h5-13,18H,1-4H3,(H,22,25). The van der Waals surface area contributed by atoms with Gasteiger partial charge in [0.2, 0.25) is 11.7 Å². The molecule has 134 valence electrons. The van der Waals surface area contributed by atoms with E-state index in [1.54, 1.807) is 0 Å². The number of aromatic nitrogens is 2. The van der Waals surface area contributed by atoms with Crippen LogP contribution < -0.4 is 5.32 Å². The molecule has 2 aromatic carbocycles. The van der Waals surface area contributed by atoms with Gasteiger partial charge in [0.05, 0.1) is 0 Å². The van der Waals surface area contributed by atoms with Gasteiger partial charge in [-0.05, 0) is 31.9 Å². The molecule has 0 aliphatic heterocycles. The minimum absolute atomic E-state index is 0.107. The third-order valence-corrected chi connectivity index (χ3v) is 4.28. The van der Waals surface area contributed by atoms with Crippen LogP contribution in [0.1, 0.15) is 47.3 Å². The van der Waals surface area contributed by atoms with Crippen molar-refractivity contribution >= 4 is 5.91 Å². The lowest BCUT2D eigenvalue weighted by Crippen LogP contribution is -2.32. The SMILES string of the molecule is Cc1ccc(C(=O)NC(c2nc(-c3ccc(C)cc3)no2)C(C)C)cc1. The average molecular weight is 349 g/mol. The quantitative estimate of drug-likeness (QED) is 0.737. The monoisotopic (exact) mass is 349 g/mol. The van der Waals surface area contributed by atoms with E-state index in [0.717, 1.165) is 11.1 Å². The summed E-state index contributed by atoms with van der Waals surface area (Å²) >= 11 is 0. The highest BCUT2D eigenvalue weighted by molar-refractivity contribution is 5.94. The van der Waals surface area contributed by atoms with Gasteiger partial charge in [-0.2, -0.15) is 4.98 Å². The molecule has 26 heavy (non-hydrogen) atoms. The van der Waals surface area contributed by atoms with Crippen LogP contribution in [-0.2, 0) is 0 Å². The number of benzene rings is 2. The number of carbonyl (C=O) groups is 1. The van der Waals surface area contributed by atoms with Gasteiger partial charge in [0.15, 0.2) is 0 Å². The third kappa shape index (κ3) is 3.99. The summed E-state index contributed by atoms with van der Waals surface area (Å²) in [7, 11) is 0. The maximum atomic E-state index is 12.6. The van der Waals surface area contributed by atoms with E-state index in [1.807, 2.05) is 76.2 Å². The molecule has 3 aromatic rings. The highest BCUT2D eigenvalue weighted by Gasteiger charge is 2.25. The summed E-state index contributed by atoms with van der Waals surface area (Å²) in [6.07, 6.45) is 0. The number of hydrogen-bond acceptors (Lipinski definition) is 4. The molecule has 0 fully saturated rings. The predicted molar refractivity (Wildman–Crippen MR) is 101 cm³/mol. The van der Waals surface area contributed by atoms with Gasteiger partial charge in [0.25, 0.3) is 5.91 Å². The van der Waals surface area contributed by atoms with E-state index in [4.69, 9.17) is 4.52 Å². The Labute approximate surface area is 153 Å². The van der Waals surface area contributed by atoms with Crippen molar-refractivity contribution in [2.45, 2.75) is 33.7 Å². The Morgan fingerprint density at radius 3 is 2.12 bits per heavy atom. The van der Waals surface area contributed by atoms with Crippen molar-refractivity contribution < 1.29 is 9.32 Å². The number of aryl methyl sites for hydroxylation is 2. The number of hydrogen-bond donors (Lipinski definition) is 1. The highest BCUT2D eigenvalue weighted by atomic mass is 16.5. The summed E-state index contributed by atoms with van der Waals surface area (Å²) in [5, 5.41) is 7.08. The van der Waals surface area contributed by atoms with Crippen LogP contribution in [0.4, 0.5) is 0 Å². The molecular formula is C21H23N3O2. The summed E-state index contributed by atoms with van der Waals surface area (Å²) in [5.74, 6) is 0.890. The van der Waals surface area contributed by atoms with E-state index in [2.05, 4.69) is 15.5 Å². The van der Waals surface area contributed by atoms with Crippen LogP contribution >= 0.6 is 0 Å². The molecule has 0 spiro atoms.